The van der Waals surface area contributed by atoms with Crippen LogP contribution in [-0.4, -0.2) is 17.1 Å². The van der Waals surface area contributed by atoms with Crippen LogP contribution in [0.1, 0.15) is 31.2 Å². The van der Waals surface area contributed by atoms with Gasteiger partial charge in [0.2, 0.25) is 0 Å². The summed E-state index contributed by atoms with van der Waals surface area (Å²) < 4.78 is 0.988. The largest absolute Gasteiger partial charge is 0.301 e. The number of amidine groups is 1. The van der Waals surface area contributed by atoms with Crippen LogP contribution >= 0.6 is 27.7 Å². The Kier molecular flexibility index (Phi) is 4.27. The number of aliphatic imine (C=N–C) groups is 1. The van der Waals surface area contributed by atoms with E-state index in [1.165, 1.54) is 24.6 Å². The Morgan fingerprint density at radius 2 is 2.05 bits per heavy atom. The number of carbonyl (C=O) groups excluding carboxylic acids is 1. The Morgan fingerprint density at radius 1 is 1.30 bits per heavy atom. The molecule has 3 rings (SSSR count). The fourth-order valence-electron chi connectivity index (χ4n) is 2.42. The lowest BCUT2D eigenvalue weighted by Crippen LogP contribution is -2.21. The minimum atomic E-state index is -0.0532. The van der Waals surface area contributed by atoms with Crippen molar-refractivity contribution >= 4 is 44.8 Å². The predicted octanol–water partition coefficient (Wildman–Crippen LogP) is 3.95. The summed E-state index contributed by atoms with van der Waals surface area (Å²) in [6.07, 6.45) is 6.69. The zero-order valence-electron chi connectivity index (χ0n) is 10.9. The number of thioether (sulfide) groups is 1. The molecule has 104 valence electrons. The zero-order valence-corrected chi connectivity index (χ0v) is 13.3. The van der Waals surface area contributed by atoms with Gasteiger partial charge in [0.25, 0.3) is 5.91 Å². The molecule has 0 spiro atoms. The van der Waals surface area contributed by atoms with E-state index in [1.54, 1.807) is 0 Å². The molecule has 2 fully saturated rings. The fraction of sp³-hybridized carbons (Fsp3) is 0.333. The van der Waals surface area contributed by atoms with Gasteiger partial charge in [0.15, 0.2) is 5.17 Å². The molecule has 1 heterocycles. The van der Waals surface area contributed by atoms with Gasteiger partial charge in [-0.3, -0.25) is 9.79 Å². The summed E-state index contributed by atoms with van der Waals surface area (Å²) in [6, 6.07) is 8.26. The summed E-state index contributed by atoms with van der Waals surface area (Å²) in [7, 11) is 0. The van der Waals surface area contributed by atoms with E-state index in [9.17, 15) is 4.79 Å². The van der Waals surface area contributed by atoms with E-state index in [2.05, 4.69) is 26.2 Å². The van der Waals surface area contributed by atoms with Gasteiger partial charge >= 0.3 is 0 Å². The lowest BCUT2D eigenvalue weighted by molar-refractivity contribution is -0.115. The molecule has 1 aliphatic heterocycles. The highest BCUT2D eigenvalue weighted by atomic mass is 79.9. The van der Waals surface area contributed by atoms with Crippen molar-refractivity contribution in [1.82, 2.24) is 5.32 Å². The standard InChI is InChI=1S/C15H15BrN2OS/c16-12-8-4-1-5-10(12)9-13-14(19)18-15(20-13)17-11-6-2-3-7-11/h1,4-5,8-9,11H,2-3,6-7H2,(H,17,18,19). The molecule has 1 aliphatic carbocycles. The molecule has 0 bridgehead atoms. The van der Waals surface area contributed by atoms with Crippen LogP contribution in [-0.2, 0) is 4.79 Å². The highest BCUT2D eigenvalue weighted by molar-refractivity contribution is 9.10. The molecule has 1 aromatic rings. The fourth-order valence-corrected chi connectivity index (χ4v) is 3.70. The van der Waals surface area contributed by atoms with Crippen molar-refractivity contribution in [2.45, 2.75) is 31.7 Å². The van der Waals surface area contributed by atoms with Crippen LogP contribution < -0.4 is 5.32 Å². The van der Waals surface area contributed by atoms with Gasteiger partial charge in [-0.2, -0.15) is 0 Å². The molecule has 1 N–H and O–H groups in total. The molecule has 0 radical (unpaired) electrons. The molecule has 0 atom stereocenters. The van der Waals surface area contributed by atoms with Crippen molar-refractivity contribution < 1.29 is 4.79 Å². The van der Waals surface area contributed by atoms with E-state index in [4.69, 9.17) is 0 Å². The van der Waals surface area contributed by atoms with Crippen LogP contribution in [0.5, 0.6) is 0 Å². The van der Waals surface area contributed by atoms with Crippen molar-refractivity contribution in [3.05, 3.63) is 39.2 Å². The second-order valence-electron chi connectivity index (χ2n) is 4.96. The monoisotopic (exact) mass is 350 g/mol. The number of hydrogen-bond acceptors (Lipinski definition) is 3. The van der Waals surface area contributed by atoms with E-state index in [0.29, 0.717) is 10.9 Å². The Bertz CT molecular complexity index is 591. The molecule has 5 heteroatoms. The van der Waals surface area contributed by atoms with Gasteiger partial charge in [0, 0.05) is 4.47 Å². The topological polar surface area (TPSA) is 41.5 Å². The SMILES string of the molecule is O=C1NC(=NC2CCCC2)SC1=Cc1ccccc1Br. The second-order valence-corrected chi connectivity index (χ2v) is 6.84. The molecule has 3 nitrogen and oxygen atoms in total. The number of benzene rings is 1. The predicted molar refractivity (Wildman–Crippen MR) is 87.5 cm³/mol. The quantitative estimate of drug-likeness (QED) is 0.820. The zero-order chi connectivity index (χ0) is 13.9. The number of nitrogens with zero attached hydrogens (tertiary/aromatic N) is 1. The molecular weight excluding hydrogens is 336 g/mol. The molecular formula is C15H15BrN2OS. The summed E-state index contributed by atoms with van der Waals surface area (Å²) in [5.74, 6) is -0.0532. The number of nitrogens with one attached hydrogen (secondary N) is 1. The van der Waals surface area contributed by atoms with Gasteiger partial charge in [0.1, 0.15) is 0 Å². The highest BCUT2D eigenvalue weighted by Gasteiger charge is 2.25. The molecule has 1 saturated heterocycles. The minimum absolute atomic E-state index is 0.0532. The van der Waals surface area contributed by atoms with Crippen molar-refractivity contribution in [3.8, 4) is 0 Å². The van der Waals surface area contributed by atoms with E-state index in [1.807, 2.05) is 30.3 Å². The first-order chi connectivity index (χ1) is 9.72. The lowest BCUT2D eigenvalue weighted by Gasteiger charge is -2.02. The lowest BCUT2D eigenvalue weighted by atomic mass is 10.2. The number of carbonyl (C=O) groups is 1. The Morgan fingerprint density at radius 3 is 2.80 bits per heavy atom. The van der Waals surface area contributed by atoms with Crippen LogP contribution in [0.3, 0.4) is 0 Å². The van der Waals surface area contributed by atoms with Crippen molar-refractivity contribution in [1.29, 1.82) is 0 Å². The third-order valence-corrected chi connectivity index (χ3v) is 5.11. The van der Waals surface area contributed by atoms with Gasteiger partial charge in [-0.1, -0.05) is 47.0 Å². The first-order valence-corrected chi connectivity index (χ1v) is 8.36. The van der Waals surface area contributed by atoms with Gasteiger partial charge < -0.3 is 5.32 Å². The molecule has 0 unspecified atom stereocenters. The van der Waals surface area contributed by atoms with Crippen molar-refractivity contribution in [2.24, 2.45) is 4.99 Å². The van der Waals surface area contributed by atoms with Crippen LogP contribution in [0, 0.1) is 0 Å². The molecule has 2 aliphatic rings. The van der Waals surface area contributed by atoms with Crippen LogP contribution in [0.2, 0.25) is 0 Å². The molecule has 20 heavy (non-hydrogen) atoms. The summed E-state index contributed by atoms with van der Waals surface area (Å²) in [5.41, 5.74) is 1.01. The third kappa shape index (κ3) is 3.15. The maximum atomic E-state index is 12.0. The Hall–Kier alpha value is -1.07. The number of hydrogen-bond donors (Lipinski definition) is 1. The summed E-state index contributed by atoms with van der Waals surface area (Å²) >= 11 is 4.93. The van der Waals surface area contributed by atoms with E-state index in [-0.39, 0.29) is 5.91 Å². The third-order valence-electron chi connectivity index (χ3n) is 3.47. The van der Waals surface area contributed by atoms with Crippen LogP contribution in [0.4, 0.5) is 0 Å². The summed E-state index contributed by atoms with van der Waals surface area (Å²) in [5, 5.41) is 3.61. The maximum Gasteiger partial charge on any atom is 0.264 e. The first-order valence-electron chi connectivity index (χ1n) is 6.75. The molecule has 0 aromatic heterocycles. The average Bonchev–Trinajstić information content (AvgIpc) is 3.04. The van der Waals surface area contributed by atoms with Crippen LogP contribution in [0.25, 0.3) is 6.08 Å². The molecule has 1 amide bonds. The van der Waals surface area contributed by atoms with Crippen LogP contribution in [0.15, 0.2) is 38.6 Å². The average molecular weight is 351 g/mol. The highest BCUT2D eigenvalue weighted by Crippen LogP contribution is 2.30. The molecule has 1 saturated carbocycles. The minimum Gasteiger partial charge on any atom is -0.301 e. The van der Waals surface area contributed by atoms with Gasteiger partial charge in [-0.05, 0) is 42.3 Å². The number of amides is 1. The summed E-state index contributed by atoms with van der Waals surface area (Å²) in [6.45, 7) is 0. The van der Waals surface area contributed by atoms with Gasteiger partial charge in [-0.25, -0.2) is 0 Å². The van der Waals surface area contributed by atoms with E-state index in [0.717, 1.165) is 28.0 Å². The Labute approximate surface area is 131 Å². The number of rotatable bonds is 2. The van der Waals surface area contributed by atoms with Gasteiger partial charge in [0.05, 0.1) is 10.9 Å². The summed E-state index contributed by atoms with van der Waals surface area (Å²) in [4.78, 5) is 17.3. The number of halogens is 1. The smallest absolute Gasteiger partial charge is 0.264 e. The molecule has 1 aromatic carbocycles. The van der Waals surface area contributed by atoms with Crippen molar-refractivity contribution in [3.63, 3.8) is 0 Å². The van der Waals surface area contributed by atoms with Gasteiger partial charge in [-0.15, -0.1) is 0 Å². The second kappa shape index (κ2) is 6.14. The Balaban J connectivity index is 1.78. The maximum absolute atomic E-state index is 12.0. The van der Waals surface area contributed by atoms with E-state index < -0.39 is 0 Å². The first kappa shape index (κ1) is 13.9. The normalized spacial score (nSPS) is 23.8. The van der Waals surface area contributed by atoms with Crippen molar-refractivity contribution in [2.75, 3.05) is 0 Å². The van der Waals surface area contributed by atoms with E-state index >= 15 is 0 Å².